The van der Waals surface area contributed by atoms with Crippen molar-refractivity contribution in [2.75, 3.05) is 18.0 Å². The van der Waals surface area contributed by atoms with Gasteiger partial charge >= 0.3 is 0 Å². The third kappa shape index (κ3) is 2.01. The maximum absolute atomic E-state index is 9.51. The fraction of sp³-hybridized carbons (Fsp3) is 0.333. The first-order valence-corrected chi connectivity index (χ1v) is 5.60. The number of aliphatic hydroxyl groups is 1. The molecule has 5 heteroatoms. The Morgan fingerprint density at radius 1 is 1.41 bits per heavy atom. The lowest BCUT2D eigenvalue weighted by atomic mass is 10.2. The molecule has 88 valence electrons. The molecular weight excluding hydrogens is 218 g/mol. The SMILES string of the molecule is OC1CCN(c2cc(-c3ccoc3)ncn2)C1. The molecule has 0 bridgehead atoms. The van der Waals surface area contributed by atoms with Crippen molar-refractivity contribution < 1.29 is 9.52 Å². The van der Waals surface area contributed by atoms with E-state index in [1.165, 1.54) is 0 Å². The van der Waals surface area contributed by atoms with Crippen LogP contribution in [-0.4, -0.2) is 34.3 Å². The second-order valence-electron chi connectivity index (χ2n) is 4.16. The van der Waals surface area contributed by atoms with Crippen LogP contribution in [0.4, 0.5) is 5.82 Å². The fourth-order valence-electron chi connectivity index (χ4n) is 2.04. The van der Waals surface area contributed by atoms with Crippen LogP contribution in [0, 0.1) is 0 Å². The summed E-state index contributed by atoms with van der Waals surface area (Å²) in [6.45, 7) is 1.48. The number of aromatic nitrogens is 2. The summed E-state index contributed by atoms with van der Waals surface area (Å²) in [5, 5.41) is 9.51. The van der Waals surface area contributed by atoms with Crippen molar-refractivity contribution in [1.82, 2.24) is 9.97 Å². The maximum Gasteiger partial charge on any atom is 0.132 e. The number of hydrogen-bond acceptors (Lipinski definition) is 5. The Labute approximate surface area is 98.7 Å². The van der Waals surface area contributed by atoms with Gasteiger partial charge in [-0.05, 0) is 12.5 Å². The van der Waals surface area contributed by atoms with E-state index in [0.29, 0.717) is 6.54 Å². The molecule has 1 fully saturated rings. The summed E-state index contributed by atoms with van der Waals surface area (Å²) in [4.78, 5) is 10.5. The predicted molar refractivity (Wildman–Crippen MR) is 62.6 cm³/mol. The van der Waals surface area contributed by atoms with E-state index in [9.17, 15) is 5.11 Å². The highest BCUT2D eigenvalue weighted by molar-refractivity contribution is 5.61. The van der Waals surface area contributed by atoms with Crippen LogP contribution >= 0.6 is 0 Å². The van der Waals surface area contributed by atoms with E-state index in [0.717, 1.165) is 30.0 Å². The molecule has 0 aromatic carbocycles. The van der Waals surface area contributed by atoms with Gasteiger partial charge in [0.1, 0.15) is 12.1 Å². The fourth-order valence-corrected chi connectivity index (χ4v) is 2.04. The molecule has 0 aliphatic carbocycles. The standard InChI is InChI=1S/C12H13N3O2/c16-10-1-3-15(6-10)12-5-11(13-8-14-12)9-2-4-17-7-9/h2,4-5,7-8,10,16H,1,3,6H2. The van der Waals surface area contributed by atoms with Crippen LogP contribution in [0.2, 0.25) is 0 Å². The van der Waals surface area contributed by atoms with E-state index in [2.05, 4.69) is 14.9 Å². The third-order valence-corrected chi connectivity index (χ3v) is 2.96. The molecule has 1 N–H and O–H groups in total. The summed E-state index contributed by atoms with van der Waals surface area (Å²) in [6.07, 6.45) is 5.37. The number of nitrogens with zero attached hydrogens (tertiary/aromatic N) is 3. The van der Waals surface area contributed by atoms with Gasteiger partial charge in [0.2, 0.25) is 0 Å². The molecule has 3 heterocycles. The van der Waals surface area contributed by atoms with E-state index < -0.39 is 0 Å². The van der Waals surface area contributed by atoms with Gasteiger partial charge in [-0.15, -0.1) is 0 Å². The summed E-state index contributed by atoms with van der Waals surface area (Å²) in [5.41, 5.74) is 1.78. The van der Waals surface area contributed by atoms with E-state index in [1.807, 2.05) is 12.1 Å². The molecule has 0 spiro atoms. The van der Waals surface area contributed by atoms with Crippen LogP contribution in [0.15, 0.2) is 35.4 Å². The highest BCUT2D eigenvalue weighted by Gasteiger charge is 2.21. The van der Waals surface area contributed by atoms with Crippen LogP contribution in [0.5, 0.6) is 0 Å². The van der Waals surface area contributed by atoms with Crippen LogP contribution in [0.3, 0.4) is 0 Å². The summed E-state index contributed by atoms with van der Waals surface area (Å²) >= 11 is 0. The topological polar surface area (TPSA) is 62.4 Å². The first kappa shape index (κ1) is 10.3. The van der Waals surface area contributed by atoms with Gasteiger partial charge in [0.05, 0.1) is 24.3 Å². The third-order valence-electron chi connectivity index (χ3n) is 2.96. The first-order chi connectivity index (χ1) is 8.33. The molecule has 0 saturated carbocycles. The second kappa shape index (κ2) is 4.18. The van der Waals surface area contributed by atoms with Crippen molar-refractivity contribution in [3.05, 3.63) is 31.0 Å². The average Bonchev–Trinajstić information content (AvgIpc) is 3.00. The van der Waals surface area contributed by atoms with Crippen LogP contribution in [-0.2, 0) is 0 Å². The molecule has 1 aliphatic rings. The minimum Gasteiger partial charge on any atom is -0.472 e. The molecule has 1 saturated heterocycles. The van der Waals surface area contributed by atoms with Crippen LogP contribution in [0.1, 0.15) is 6.42 Å². The molecule has 17 heavy (non-hydrogen) atoms. The number of hydrogen-bond donors (Lipinski definition) is 1. The van der Waals surface area contributed by atoms with Gasteiger partial charge in [-0.3, -0.25) is 0 Å². The Morgan fingerprint density at radius 2 is 2.35 bits per heavy atom. The van der Waals surface area contributed by atoms with E-state index in [4.69, 9.17) is 4.42 Å². The summed E-state index contributed by atoms with van der Waals surface area (Å²) in [7, 11) is 0. The monoisotopic (exact) mass is 231 g/mol. The molecule has 1 aliphatic heterocycles. The number of rotatable bonds is 2. The zero-order chi connectivity index (χ0) is 11.7. The number of aliphatic hydroxyl groups excluding tert-OH is 1. The van der Waals surface area contributed by atoms with Crippen LogP contribution in [0.25, 0.3) is 11.3 Å². The second-order valence-corrected chi connectivity index (χ2v) is 4.16. The Bertz CT molecular complexity index is 498. The van der Waals surface area contributed by atoms with Crippen molar-refractivity contribution in [3.8, 4) is 11.3 Å². The van der Waals surface area contributed by atoms with Gasteiger partial charge in [-0.25, -0.2) is 9.97 Å². The summed E-state index contributed by atoms with van der Waals surface area (Å²) in [5.74, 6) is 0.854. The van der Waals surface area contributed by atoms with Gasteiger partial charge < -0.3 is 14.4 Å². The molecule has 1 atom stereocenters. The lowest BCUT2D eigenvalue weighted by Gasteiger charge is -2.16. The normalized spacial score (nSPS) is 19.8. The summed E-state index contributed by atoms with van der Waals surface area (Å²) < 4.78 is 5.04. The lowest BCUT2D eigenvalue weighted by molar-refractivity contribution is 0.198. The molecule has 2 aromatic rings. The maximum atomic E-state index is 9.51. The van der Waals surface area contributed by atoms with Crippen molar-refractivity contribution in [3.63, 3.8) is 0 Å². The van der Waals surface area contributed by atoms with E-state index in [1.54, 1.807) is 18.9 Å². The number of anilines is 1. The molecule has 5 nitrogen and oxygen atoms in total. The minimum atomic E-state index is -0.248. The Balaban J connectivity index is 1.89. The molecule has 0 amide bonds. The van der Waals surface area contributed by atoms with Crippen molar-refractivity contribution >= 4 is 5.82 Å². The van der Waals surface area contributed by atoms with Gasteiger partial charge in [-0.2, -0.15) is 0 Å². The highest BCUT2D eigenvalue weighted by atomic mass is 16.3. The quantitative estimate of drug-likeness (QED) is 0.844. The number of furan rings is 1. The zero-order valence-electron chi connectivity index (χ0n) is 9.28. The Hall–Kier alpha value is -1.88. The summed E-state index contributed by atoms with van der Waals surface area (Å²) in [6, 6.07) is 3.79. The van der Waals surface area contributed by atoms with Crippen molar-refractivity contribution in [2.24, 2.45) is 0 Å². The van der Waals surface area contributed by atoms with Gasteiger partial charge in [0.25, 0.3) is 0 Å². The predicted octanol–water partition coefficient (Wildman–Crippen LogP) is 1.31. The number of β-amino-alcohol motifs (C(OH)–C–C–N with tert-alkyl or cyclic N) is 1. The smallest absolute Gasteiger partial charge is 0.132 e. The minimum absolute atomic E-state index is 0.248. The molecular formula is C12H13N3O2. The molecule has 0 radical (unpaired) electrons. The Morgan fingerprint density at radius 3 is 3.06 bits per heavy atom. The van der Waals surface area contributed by atoms with Gasteiger partial charge in [-0.1, -0.05) is 0 Å². The van der Waals surface area contributed by atoms with Gasteiger partial charge in [0.15, 0.2) is 0 Å². The average molecular weight is 231 g/mol. The van der Waals surface area contributed by atoms with E-state index in [-0.39, 0.29) is 6.10 Å². The van der Waals surface area contributed by atoms with Gasteiger partial charge in [0, 0.05) is 24.7 Å². The zero-order valence-corrected chi connectivity index (χ0v) is 9.28. The Kier molecular flexibility index (Phi) is 2.53. The van der Waals surface area contributed by atoms with Crippen LogP contribution < -0.4 is 4.90 Å². The molecule has 2 aromatic heterocycles. The molecule has 3 rings (SSSR count). The van der Waals surface area contributed by atoms with Crippen molar-refractivity contribution in [1.29, 1.82) is 0 Å². The van der Waals surface area contributed by atoms with E-state index >= 15 is 0 Å². The largest absolute Gasteiger partial charge is 0.472 e. The van der Waals surface area contributed by atoms with Crippen molar-refractivity contribution in [2.45, 2.75) is 12.5 Å². The lowest BCUT2D eigenvalue weighted by Crippen LogP contribution is -2.22. The first-order valence-electron chi connectivity index (χ1n) is 5.60. The molecule has 1 unspecified atom stereocenters. The highest BCUT2D eigenvalue weighted by Crippen LogP contribution is 2.23.